The van der Waals surface area contributed by atoms with Crippen LogP contribution in [-0.2, 0) is 19.4 Å². The molecule has 24 heavy (non-hydrogen) atoms. The highest BCUT2D eigenvalue weighted by molar-refractivity contribution is 14.1. The predicted molar refractivity (Wildman–Crippen MR) is 93.3 cm³/mol. The molecule has 3 aliphatic rings. The van der Waals surface area contributed by atoms with Crippen molar-refractivity contribution in [1.82, 2.24) is 5.32 Å². The molecule has 0 bridgehead atoms. The summed E-state index contributed by atoms with van der Waals surface area (Å²) in [5.74, 6) is -1.27. The Morgan fingerprint density at radius 2 is 2.04 bits per heavy atom. The molecule has 4 rings (SSSR count). The van der Waals surface area contributed by atoms with Crippen molar-refractivity contribution >= 4 is 38.2 Å². The molecule has 1 aromatic rings. The van der Waals surface area contributed by atoms with Gasteiger partial charge in [-0.25, -0.2) is 12.8 Å². The standard InChI is InChI=1S/C16H13FINO4S/c17-9-2-1-8(5-10(9)18)14-15-12(6-23-7-13(15)20)19-11-3-4-24(21,22)16(11)14/h1-2,5,14,19H,3-4,6-7H2/t14-/m1/s1. The van der Waals surface area contributed by atoms with Crippen molar-refractivity contribution < 1.29 is 22.3 Å². The number of Topliss-reactive ketones (excluding diaryl/α,β-unsaturated/α-hetero) is 1. The molecule has 8 heteroatoms. The number of allylic oxidation sites excluding steroid dienone is 2. The van der Waals surface area contributed by atoms with Crippen molar-refractivity contribution in [1.29, 1.82) is 0 Å². The van der Waals surface area contributed by atoms with Crippen LogP contribution in [0.15, 0.2) is 40.1 Å². The number of hydrogen-bond donors (Lipinski definition) is 1. The van der Waals surface area contributed by atoms with E-state index >= 15 is 0 Å². The van der Waals surface area contributed by atoms with Crippen LogP contribution in [0.4, 0.5) is 4.39 Å². The second-order valence-electron chi connectivity index (χ2n) is 5.95. The molecule has 3 heterocycles. The normalized spacial score (nSPS) is 25.4. The molecule has 0 amide bonds. The summed E-state index contributed by atoms with van der Waals surface area (Å²) in [5, 5.41) is 3.09. The third-order valence-corrected chi connectivity index (χ3v) is 7.21. The molecule has 5 nitrogen and oxygen atoms in total. The zero-order chi connectivity index (χ0) is 17.1. The van der Waals surface area contributed by atoms with Gasteiger partial charge in [0.25, 0.3) is 0 Å². The van der Waals surface area contributed by atoms with E-state index in [9.17, 15) is 17.6 Å². The Bertz CT molecular complexity index is 935. The third-order valence-electron chi connectivity index (χ3n) is 4.49. The molecule has 0 aromatic heterocycles. The van der Waals surface area contributed by atoms with Crippen LogP contribution in [0.3, 0.4) is 0 Å². The highest BCUT2D eigenvalue weighted by Gasteiger charge is 2.44. The van der Waals surface area contributed by atoms with Crippen molar-refractivity contribution in [3.05, 3.63) is 55.0 Å². The first kappa shape index (κ1) is 16.2. The van der Waals surface area contributed by atoms with Gasteiger partial charge in [0.05, 0.1) is 23.2 Å². The largest absolute Gasteiger partial charge is 0.367 e. The lowest BCUT2D eigenvalue weighted by molar-refractivity contribution is -0.121. The minimum absolute atomic E-state index is 0.0229. The van der Waals surface area contributed by atoms with Crippen molar-refractivity contribution in [2.75, 3.05) is 19.0 Å². The molecule has 0 radical (unpaired) electrons. The van der Waals surface area contributed by atoms with Crippen molar-refractivity contribution in [3.63, 3.8) is 0 Å². The van der Waals surface area contributed by atoms with E-state index in [2.05, 4.69) is 5.32 Å². The van der Waals surface area contributed by atoms with E-state index in [-0.39, 0.29) is 35.5 Å². The van der Waals surface area contributed by atoms with Gasteiger partial charge < -0.3 is 10.1 Å². The molecule has 126 valence electrons. The average molecular weight is 461 g/mol. The second-order valence-corrected chi connectivity index (χ2v) is 9.19. The van der Waals surface area contributed by atoms with Crippen LogP contribution >= 0.6 is 22.6 Å². The molecule has 0 unspecified atom stereocenters. The number of sulfone groups is 1. The number of rotatable bonds is 1. The topological polar surface area (TPSA) is 72.5 Å². The van der Waals surface area contributed by atoms with Crippen molar-refractivity contribution in [2.45, 2.75) is 12.3 Å². The van der Waals surface area contributed by atoms with Crippen LogP contribution < -0.4 is 5.32 Å². The monoisotopic (exact) mass is 461 g/mol. The van der Waals surface area contributed by atoms with Crippen molar-refractivity contribution in [2.24, 2.45) is 0 Å². The number of carbonyl (C=O) groups excluding carboxylic acids is 1. The number of ether oxygens (including phenoxy) is 1. The zero-order valence-corrected chi connectivity index (χ0v) is 15.4. The van der Waals surface area contributed by atoms with Gasteiger partial charge in [-0.3, -0.25) is 4.79 Å². The van der Waals surface area contributed by atoms with Gasteiger partial charge >= 0.3 is 0 Å². The van der Waals surface area contributed by atoms with Crippen LogP contribution in [0.25, 0.3) is 0 Å². The van der Waals surface area contributed by atoms with Gasteiger partial charge in [-0.05, 0) is 40.3 Å². The lowest BCUT2D eigenvalue weighted by Crippen LogP contribution is -2.36. The highest BCUT2D eigenvalue weighted by atomic mass is 127. The number of carbonyl (C=O) groups is 1. The Balaban J connectivity index is 1.96. The van der Waals surface area contributed by atoms with Gasteiger partial charge in [-0.15, -0.1) is 0 Å². The molecule has 3 aliphatic heterocycles. The Kier molecular flexibility index (Phi) is 3.81. The highest BCUT2D eigenvalue weighted by Crippen LogP contribution is 2.46. The number of nitrogens with one attached hydrogen (secondary N) is 1. The molecular formula is C16H13FINO4S. The number of ketones is 1. The minimum atomic E-state index is -3.45. The molecule has 1 atom stereocenters. The summed E-state index contributed by atoms with van der Waals surface area (Å²) in [4.78, 5) is 12.7. The maximum atomic E-state index is 13.6. The summed E-state index contributed by atoms with van der Waals surface area (Å²) in [6.45, 7) is 0.171. The van der Waals surface area contributed by atoms with Crippen LogP contribution in [0.1, 0.15) is 17.9 Å². The first-order valence-corrected chi connectivity index (χ1v) is 10.1. The Labute approximate surface area is 152 Å². The lowest BCUT2D eigenvalue weighted by Gasteiger charge is -2.33. The first-order valence-electron chi connectivity index (χ1n) is 7.40. The summed E-state index contributed by atoms with van der Waals surface area (Å²) in [5.41, 5.74) is 2.28. The van der Waals surface area contributed by atoms with Crippen LogP contribution in [0.2, 0.25) is 0 Å². The number of halogens is 2. The molecule has 0 saturated carbocycles. The number of dihydropyridines is 1. The fraction of sp³-hybridized carbons (Fsp3) is 0.312. The van der Waals surface area contributed by atoms with Gasteiger partial charge in [-0.2, -0.15) is 0 Å². The van der Waals surface area contributed by atoms with E-state index in [4.69, 9.17) is 4.74 Å². The van der Waals surface area contributed by atoms with Gasteiger partial charge in [-0.1, -0.05) is 6.07 Å². The molecule has 1 aromatic carbocycles. The number of benzene rings is 1. The summed E-state index contributed by atoms with van der Waals surface area (Å²) in [6, 6.07) is 4.47. The maximum absolute atomic E-state index is 13.6. The fourth-order valence-electron chi connectivity index (χ4n) is 3.47. The Morgan fingerprint density at radius 3 is 2.79 bits per heavy atom. The van der Waals surface area contributed by atoms with Crippen LogP contribution in [0, 0.1) is 9.39 Å². The van der Waals surface area contributed by atoms with E-state index in [1.807, 2.05) is 22.6 Å². The Hall–Kier alpha value is -1.26. The van der Waals surface area contributed by atoms with E-state index in [1.54, 1.807) is 12.1 Å². The SMILES string of the molecule is O=C1COCC2=C1[C@@H](c1ccc(F)c(I)c1)C1=C(CCS1(=O)=O)N2. The van der Waals surface area contributed by atoms with Gasteiger partial charge in [0.2, 0.25) is 0 Å². The molecule has 0 spiro atoms. The molecule has 0 saturated heterocycles. The summed E-state index contributed by atoms with van der Waals surface area (Å²) < 4.78 is 44.5. The lowest BCUT2D eigenvalue weighted by atomic mass is 9.83. The average Bonchev–Trinajstić information content (AvgIpc) is 2.84. The van der Waals surface area contributed by atoms with Crippen LogP contribution in [0.5, 0.6) is 0 Å². The quantitative estimate of drug-likeness (QED) is 0.649. The summed E-state index contributed by atoms with van der Waals surface area (Å²) in [6.07, 6.45) is 0.386. The molecule has 0 fully saturated rings. The van der Waals surface area contributed by atoms with E-state index in [1.165, 1.54) is 6.07 Å². The van der Waals surface area contributed by atoms with Gasteiger partial charge in [0.15, 0.2) is 15.6 Å². The predicted octanol–water partition coefficient (Wildman–Crippen LogP) is 2.00. The fourth-order valence-corrected chi connectivity index (χ4v) is 5.84. The van der Waals surface area contributed by atoms with E-state index < -0.39 is 15.8 Å². The van der Waals surface area contributed by atoms with Gasteiger partial charge in [0, 0.05) is 27.0 Å². The first-order chi connectivity index (χ1) is 11.4. The minimum Gasteiger partial charge on any atom is -0.367 e. The molecule has 0 aliphatic carbocycles. The smallest absolute Gasteiger partial charge is 0.187 e. The van der Waals surface area contributed by atoms with E-state index in [0.29, 0.717) is 32.5 Å². The second kappa shape index (κ2) is 5.63. The van der Waals surface area contributed by atoms with Crippen molar-refractivity contribution in [3.8, 4) is 0 Å². The third kappa shape index (κ3) is 2.42. The number of hydrogen-bond acceptors (Lipinski definition) is 5. The molecular weight excluding hydrogens is 448 g/mol. The summed E-state index contributed by atoms with van der Waals surface area (Å²) in [7, 11) is -3.45. The molecule has 1 N–H and O–H groups in total. The summed E-state index contributed by atoms with van der Waals surface area (Å²) >= 11 is 1.87. The van der Waals surface area contributed by atoms with Gasteiger partial charge in [0.1, 0.15) is 12.4 Å². The Morgan fingerprint density at radius 1 is 1.25 bits per heavy atom. The maximum Gasteiger partial charge on any atom is 0.187 e. The van der Waals surface area contributed by atoms with Crippen LogP contribution in [-0.4, -0.2) is 33.2 Å². The van der Waals surface area contributed by atoms with E-state index in [0.717, 1.165) is 0 Å². The zero-order valence-electron chi connectivity index (χ0n) is 12.4.